The van der Waals surface area contributed by atoms with Crippen LogP contribution in [0.5, 0.6) is 0 Å². The molecule has 14 heavy (non-hydrogen) atoms. The highest BCUT2D eigenvalue weighted by Gasteiger charge is 2.30. The van der Waals surface area contributed by atoms with Crippen molar-refractivity contribution in [1.29, 1.82) is 0 Å². The molecule has 0 radical (unpaired) electrons. The predicted octanol–water partition coefficient (Wildman–Crippen LogP) is 2.23. The second-order valence-corrected chi connectivity index (χ2v) is 4.56. The fraction of sp³-hybridized carbons (Fsp3) is 0.455. The molecule has 1 aliphatic carbocycles. The van der Waals surface area contributed by atoms with Crippen LogP contribution in [0.4, 0.5) is 0 Å². The molecule has 3 nitrogen and oxygen atoms in total. The Labute approximate surface area is 83.5 Å². The predicted molar refractivity (Wildman–Crippen MR) is 54.7 cm³/mol. The lowest BCUT2D eigenvalue weighted by molar-refractivity contribution is 0.306. The second kappa shape index (κ2) is 3.08. The molecule has 74 valence electrons. The van der Waals surface area contributed by atoms with E-state index in [0.717, 1.165) is 29.8 Å². The molecular weight excluding hydrogens is 176 g/mol. The van der Waals surface area contributed by atoms with Crippen LogP contribution in [0.25, 0.3) is 0 Å². The summed E-state index contributed by atoms with van der Waals surface area (Å²) in [5, 5.41) is 12.3. The van der Waals surface area contributed by atoms with E-state index in [-0.39, 0.29) is 5.41 Å². The van der Waals surface area contributed by atoms with Gasteiger partial charge in [0.1, 0.15) is 0 Å². The van der Waals surface area contributed by atoms with Crippen molar-refractivity contribution in [3.05, 3.63) is 29.6 Å². The Morgan fingerprint density at radius 2 is 2.21 bits per heavy atom. The summed E-state index contributed by atoms with van der Waals surface area (Å²) in [6, 6.07) is 3.84. The van der Waals surface area contributed by atoms with E-state index >= 15 is 0 Å². The largest absolute Gasteiger partial charge is 0.411 e. The summed E-state index contributed by atoms with van der Waals surface area (Å²) in [5.41, 5.74) is 2.93. The zero-order chi connectivity index (χ0) is 10.2. The fourth-order valence-corrected chi connectivity index (χ4v) is 2.00. The van der Waals surface area contributed by atoms with Gasteiger partial charge in [0.05, 0.1) is 11.4 Å². The second-order valence-electron chi connectivity index (χ2n) is 4.56. The molecule has 3 heteroatoms. The third kappa shape index (κ3) is 1.50. The first-order valence-corrected chi connectivity index (χ1v) is 4.77. The highest BCUT2D eigenvalue weighted by atomic mass is 16.4. The first-order chi connectivity index (χ1) is 6.62. The number of hydrogen-bond donors (Lipinski definition) is 1. The molecule has 1 aliphatic rings. The lowest BCUT2D eigenvalue weighted by atomic mass is 9.75. The molecule has 0 amide bonds. The van der Waals surface area contributed by atoms with Gasteiger partial charge in [-0.3, -0.25) is 4.98 Å². The smallest absolute Gasteiger partial charge is 0.0891 e. The van der Waals surface area contributed by atoms with Gasteiger partial charge >= 0.3 is 0 Å². The number of fused-ring (bicyclic) bond motifs is 1. The van der Waals surface area contributed by atoms with Crippen LogP contribution in [0.3, 0.4) is 0 Å². The van der Waals surface area contributed by atoms with Gasteiger partial charge in [-0.15, -0.1) is 0 Å². The van der Waals surface area contributed by atoms with Gasteiger partial charge in [0.25, 0.3) is 0 Å². The lowest BCUT2D eigenvalue weighted by Gasteiger charge is -2.30. The van der Waals surface area contributed by atoms with Gasteiger partial charge in [-0.25, -0.2) is 0 Å². The van der Waals surface area contributed by atoms with E-state index in [9.17, 15) is 0 Å². The van der Waals surface area contributed by atoms with Gasteiger partial charge < -0.3 is 5.21 Å². The van der Waals surface area contributed by atoms with Crippen LogP contribution in [0.15, 0.2) is 23.5 Å². The Balaban J connectivity index is 2.52. The minimum Gasteiger partial charge on any atom is -0.411 e. The van der Waals surface area contributed by atoms with Crippen molar-refractivity contribution in [3.63, 3.8) is 0 Å². The van der Waals surface area contributed by atoms with Crippen molar-refractivity contribution in [2.45, 2.75) is 26.7 Å². The Morgan fingerprint density at radius 1 is 1.43 bits per heavy atom. The Bertz CT molecular complexity index is 383. The Kier molecular flexibility index (Phi) is 2.02. The molecule has 0 bridgehead atoms. The van der Waals surface area contributed by atoms with Crippen LogP contribution in [0, 0.1) is 5.41 Å². The molecule has 0 aromatic carbocycles. The lowest BCUT2D eigenvalue weighted by Crippen LogP contribution is -2.28. The van der Waals surface area contributed by atoms with E-state index in [1.54, 1.807) is 6.20 Å². The zero-order valence-corrected chi connectivity index (χ0v) is 8.49. The van der Waals surface area contributed by atoms with E-state index in [1.807, 2.05) is 12.1 Å². The molecule has 0 saturated heterocycles. The first kappa shape index (κ1) is 9.19. The molecule has 0 aliphatic heterocycles. The summed E-state index contributed by atoms with van der Waals surface area (Å²) in [5.74, 6) is 0. The van der Waals surface area contributed by atoms with Crippen molar-refractivity contribution in [2.75, 3.05) is 0 Å². The van der Waals surface area contributed by atoms with E-state index in [1.165, 1.54) is 0 Å². The van der Waals surface area contributed by atoms with Crippen molar-refractivity contribution in [3.8, 4) is 0 Å². The Hall–Kier alpha value is -1.38. The highest BCUT2D eigenvalue weighted by molar-refractivity contribution is 6.02. The maximum absolute atomic E-state index is 8.93. The van der Waals surface area contributed by atoms with Crippen molar-refractivity contribution < 1.29 is 5.21 Å². The summed E-state index contributed by atoms with van der Waals surface area (Å²) in [6.45, 7) is 4.32. The van der Waals surface area contributed by atoms with Crippen LogP contribution in [-0.2, 0) is 6.42 Å². The highest BCUT2D eigenvalue weighted by Crippen LogP contribution is 2.33. The number of nitrogens with zero attached hydrogens (tertiary/aromatic N) is 2. The average Bonchev–Trinajstić information content (AvgIpc) is 2.15. The molecule has 1 N–H and O–H groups in total. The number of rotatable bonds is 0. The summed E-state index contributed by atoms with van der Waals surface area (Å²) < 4.78 is 0. The van der Waals surface area contributed by atoms with E-state index in [0.29, 0.717) is 0 Å². The molecule has 1 aromatic rings. The van der Waals surface area contributed by atoms with Gasteiger partial charge in [-0.1, -0.05) is 19.0 Å². The van der Waals surface area contributed by atoms with E-state index in [4.69, 9.17) is 5.21 Å². The van der Waals surface area contributed by atoms with Crippen molar-refractivity contribution in [2.24, 2.45) is 10.6 Å². The quantitative estimate of drug-likeness (QED) is 0.503. The summed E-state index contributed by atoms with van der Waals surface area (Å²) in [4.78, 5) is 4.32. The number of pyridine rings is 1. The molecule has 1 aromatic heterocycles. The molecule has 0 spiro atoms. The molecule has 2 rings (SSSR count). The third-order valence-electron chi connectivity index (χ3n) is 2.61. The normalized spacial score (nSPS) is 22.0. The zero-order valence-electron chi connectivity index (χ0n) is 8.49. The van der Waals surface area contributed by atoms with Crippen LogP contribution < -0.4 is 0 Å². The van der Waals surface area contributed by atoms with Gasteiger partial charge in [0.2, 0.25) is 0 Å². The first-order valence-electron chi connectivity index (χ1n) is 4.77. The summed E-state index contributed by atoms with van der Waals surface area (Å²) in [7, 11) is 0. The number of oxime groups is 1. The van der Waals surface area contributed by atoms with Gasteiger partial charge in [0.15, 0.2) is 0 Å². The monoisotopic (exact) mass is 190 g/mol. The van der Waals surface area contributed by atoms with E-state index < -0.39 is 0 Å². The topological polar surface area (TPSA) is 45.5 Å². The molecular formula is C11H14N2O. The number of aromatic nitrogens is 1. The molecule has 0 fully saturated rings. The van der Waals surface area contributed by atoms with E-state index in [2.05, 4.69) is 24.0 Å². The number of hydrogen-bond acceptors (Lipinski definition) is 3. The van der Waals surface area contributed by atoms with Gasteiger partial charge in [-0.2, -0.15) is 0 Å². The van der Waals surface area contributed by atoms with Crippen LogP contribution in [-0.4, -0.2) is 15.9 Å². The average molecular weight is 190 g/mol. The molecule has 1 heterocycles. The minimum atomic E-state index is 0.142. The summed E-state index contributed by atoms with van der Waals surface area (Å²) in [6.07, 6.45) is 3.54. The van der Waals surface area contributed by atoms with Crippen LogP contribution in [0.2, 0.25) is 0 Å². The summed E-state index contributed by atoms with van der Waals surface area (Å²) >= 11 is 0. The Morgan fingerprint density at radius 3 is 2.93 bits per heavy atom. The maximum atomic E-state index is 8.93. The fourth-order valence-electron chi connectivity index (χ4n) is 2.00. The third-order valence-corrected chi connectivity index (χ3v) is 2.61. The molecule has 0 atom stereocenters. The standard InChI is InChI=1S/C11H14N2O/c1-11(2)6-9-8(4-3-5-12-9)10(7-11)13-14/h3-5,14H,6-7H2,1-2H3. The van der Waals surface area contributed by atoms with Gasteiger partial charge in [0, 0.05) is 11.8 Å². The van der Waals surface area contributed by atoms with Crippen molar-refractivity contribution in [1.82, 2.24) is 4.98 Å². The molecule has 0 saturated carbocycles. The minimum absolute atomic E-state index is 0.142. The van der Waals surface area contributed by atoms with Crippen LogP contribution >= 0.6 is 0 Å². The van der Waals surface area contributed by atoms with Crippen LogP contribution in [0.1, 0.15) is 31.5 Å². The van der Waals surface area contributed by atoms with Gasteiger partial charge in [-0.05, 0) is 30.4 Å². The maximum Gasteiger partial charge on any atom is 0.0891 e. The van der Waals surface area contributed by atoms with Crippen molar-refractivity contribution >= 4 is 5.71 Å². The molecule has 0 unspecified atom stereocenters. The SMILES string of the molecule is CC1(C)CC(=NO)c2cccnc2C1.